The van der Waals surface area contributed by atoms with E-state index in [1.807, 2.05) is 153 Å². The molecular weight excluding hydrogens is 619 g/mol. The van der Waals surface area contributed by atoms with Gasteiger partial charge in [-0.2, -0.15) is 0 Å². The van der Waals surface area contributed by atoms with Crippen molar-refractivity contribution in [1.29, 1.82) is 0 Å². The number of aromatic nitrogens is 9. The van der Waals surface area contributed by atoms with E-state index in [0.29, 0.717) is 52.4 Å². The fourth-order valence-corrected chi connectivity index (χ4v) is 5.60. The van der Waals surface area contributed by atoms with Gasteiger partial charge in [0.15, 0.2) is 40.8 Å². The predicted molar refractivity (Wildman–Crippen MR) is 194 cm³/mol. The highest BCUT2D eigenvalue weighted by molar-refractivity contribution is 5.73. The van der Waals surface area contributed by atoms with Crippen LogP contribution in [0.3, 0.4) is 0 Å². The van der Waals surface area contributed by atoms with Gasteiger partial charge in [0.25, 0.3) is 0 Å². The molecule has 8 aromatic rings. The van der Waals surface area contributed by atoms with Gasteiger partial charge in [0.1, 0.15) is 11.6 Å². The molecule has 0 radical (unpaired) electrons. The van der Waals surface area contributed by atoms with E-state index < -0.39 is 0 Å². The second-order valence-corrected chi connectivity index (χ2v) is 11.6. The van der Waals surface area contributed by atoms with Gasteiger partial charge in [-0.05, 0) is 26.0 Å². The summed E-state index contributed by atoms with van der Waals surface area (Å²) >= 11 is 0. The monoisotopic (exact) mass is 647 g/mol. The first kappa shape index (κ1) is 30.5. The number of hydrogen-bond donors (Lipinski definition) is 0. The molecule has 9 nitrogen and oxygen atoms in total. The number of hydrogen-bond acceptors (Lipinski definition) is 9. The molecule has 238 valence electrons. The van der Waals surface area contributed by atoms with Crippen LogP contribution in [0, 0.1) is 13.8 Å². The Morgan fingerprint density at radius 2 is 0.460 bits per heavy atom. The Morgan fingerprint density at radius 1 is 0.240 bits per heavy atom. The minimum atomic E-state index is 0.525. The fourth-order valence-electron chi connectivity index (χ4n) is 5.60. The van der Waals surface area contributed by atoms with Gasteiger partial charge in [0, 0.05) is 38.9 Å². The van der Waals surface area contributed by atoms with Gasteiger partial charge < -0.3 is 0 Å². The number of aryl methyl sites for hydroxylation is 2. The van der Waals surface area contributed by atoms with E-state index in [-0.39, 0.29) is 0 Å². The molecule has 0 aliphatic heterocycles. The highest BCUT2D eigenvalue weighted by Crippen LogP contribution is 2.30. The Labute approximate surface area is 289 Å². The molecule has 9 heteroatoms. The highest BCUT2D eigenvalue weighted by Gasteiger charge is 2.16. The molecular formula is C41H29N9. The van der Waals surface area contributed by atoms with E-state index in [2.05, 4.69) is 19.9 Å². The highest BCUT2D eigenvalue weighted by atomic mass is 15.0. The van der Waals surface area contributed by atoms with Crippen molar-refractivity contribution >= 4 is 0 Å². The third kappa shape index (κ3) is 6.48. The lowest BCUT2D eigenvalue weighted by Gasteiger charge is -2.11. The molecule has 0 spiro atoms. The number of rotatable bonds is 7. The molecule has 0 aliphatic rings. The van der Waals surface area contributed by atoms with Crippen LogP contribution >= 0.6 is 0 Å². The molecule has 0 atom stereocenters. The van der Waals surface area contributed by atoms with Crippen molar-refractivity contribution in [2.45, 2.75) is 13.8 Å². The maximum atomic E-state index is 5.01. The van der Waals surface area contributed by atoms with Gasteiger partial charge in [-0.3, -0.25) is 0 Å². The summed E-state index contributed by atoms with van der Waals surface area (Å²) in [4.78, 5) is 43.1. The van der Waals surface area contributed by atoms with Crippen molar-refractivity contribution in [3.8, 4) is 79.7 Å². The number of benzene rings is 5. The Morgan fingerprint density at radius 3 is 0.760 bits per heavy atom. The Kier molecular flexibility index (Phi) is 8.12. The van der Waals surface area contributed by atoms with E-state index >= 15 is 0 Å². The van der Waals surface area contributed by atoms with Crippen molar-refractivity contribution in [1.82, 2.24) is 44.9 Å². The smallest absolute Gasteiger partial charge is 0.164 e. The minimum absolute atomic E-state index is 0.525. The van der Waals surface area contributed by atoms with Gasteiger partial charge in [-0.1, -0.05) is 127 Å². The molecule has 5 aromatic carbocycles. The molecule has 8 rings (SSSR count). The van der Waals surface area contributed by atoms with E-state index in [9.17, 15) is 0 Å². The molecule has 0 N–H and O–H groups in total. The maximum absolute atomic E-state index is 5.01. The molecule has 3 aromatic heterocycles. The second kappa shape index (κ2) is 13.3. The predicted octanol–water partition coefficient (Wildman–Crippen LogP) is 8.53. The van der Waals surface area contributed by atoms with Crippen molar-refractivity contribution in [2.24, 2.45) is 0 Å². The summed E-state index contributed by atoms with van der Waals surface area (Å²) in [6.07, 6.45) is 0. The van der Waals surface area contributed by atoms with Crippen LogP contribution in [0.25, 0.3) is 79.7 Å². The first-order chi connectivity index (χ1) is 24.6. The van der Waals surface area contributed by atoms with Crippen LogP contribution in [-0.4, -0.2) is 44.9 Å². The first-order valence-corrected chi connectivity index (χ1v) is 16.1. The van der Waals surface area contributed by atoms with Crippen molar-refractivity contribution in [3.63, 3.8) is 0 Å². The van der Waals surface area contributed by atoms with E-state index in [4.69, 9.17) is 24.9 Å². The minimum Gasteiger partial charge on any atom is -0.213 e. The molecule has 0 aliphatic carbocycles. The summed E-state index contributed by atoms with van der Waals surface area (Å²) < 4.78 is 0. The second-order valence-electron chi connectivity index (χ2n) is 11.6. The average molecular weight is 648 g/mol. The summed E-state index contributed by atoms with van der Waals surface area (Å²) in [7, 11) is 0. The SMILES string of the molecule is Cc1nc(-c2ccccc2)nc(-c2cccc(-c3nc(-c4ccccc4)nc(-c4cccc(-c5nc(C)nc(-c6ccccc6)n5)c4)n3)c2)n1. The summed E-state index contributed by atoms with van der Waals surface area (Å²) in [5.41, 5.74) is 6.00. The summed E-state index contributed by atoms with van der Waals surface area (Å²) in [6.45, 7) is 3.75. The quantitative estimate of drug-likeness (QED) is 0.168. The van der Waals surface area contributed by atoms with Gasteiger partial charge in [0.05, 0.1) is 0 Å². The lowest BCUT2D eigenvalue weighted by molar-refractivity contribution is 0.991. The lowest BCUT2D eigenvalue weighted by atomic mass is 10.1. The molecule has 50 heavy (non-hydrogen) atoms. The maximum Gasteiger partial charge on any atom is 0.164 e. The third-order valence-electron chi connectivity index (χ3n) is 7.98. The van der Waals surface area contributed by atoms with Crippen molar-refractivity contribution in [2.75, 3.05) is 0 Å². The van der Waals surface area contributed by atoms with Gasteiger partial charge in [0.2, 0.25) is 0 Å². The standard InChI is InChI=1S/C41H29N9/c1-26-42-35(28-14-6-3-7-15-28)46-38(44-26)31-20-12-22-33(24-31)40-48-37(30-18-10-5-11-19-30)49-41(50-40)34-23-13-21-32(25-34)39-45-27(2)43-36(47-39)29-16-8-4-9-17-29/h3-25H,1-2H3. The van der Waals surface area contributed by atoms with Crippen LogP contribution in [0.4, 0.5) is 0 Å². The molecule has 0 bridgehead atoms. The topological polar surface area (TPSA) is 116 Å². The molecule has 0 fully saturated rings. The lowest BCUT2D eigenvalue weighted by Crippen LogP contribution is -2.02. The van der Waals surface area contributed by atoms with Crippen LogP contribution < -0.4 is 0 Å². The Bertz CT molecular complexity index is 2300. The normalized spacial score (nSPS) is 11.0. The molecule has 3 heterocycles. The van der Waals surface area contributed by atoms with Gasteiger partial charge in [-0.15, -0.1) is 0 Å². The Hall–Kier alpha value is -6.87. The largest absolute Gasteiger partial charge is 0.213 e. The molecule has 0 amide bonds. The summed E-state index contributed by atoms with van der Waals surface area (Å²) in [5, 5.41) is 0. The molecule has 0 saturated heterocycles. The van der Waals surface area contributed by atoms with Crippen molar-refractivity contribution in [3.05, 3.63) is 151 Å². The van der Waals surface area contributed by atoms with Crippen molar-refractivity contribution < 1.29 is 0 Å². The van der Waals surface area contributed by atoms with Crippen LogP contribution in [0.5, 0.6) is 0 Å². The molecule has 0 unspecified atom stereocenters. The molecule has 0 saturated carbocycles. The first-order valence-electron chi connectivity index (χ1n) is 16.1. The van der Waals surface area contributed by atoms with E-state index in [1.54, 1.807) is 0 Å². The van der Waals surface area contributed by atoms with Gasteiger partial charge >= 0.3 is 0 Å². The van der Waals surface area contributed by atoms with Crippen LogP contribution in [0.2, 0.25) is 0 Å². The zero-order valence-corrected chi connectivity index (χ0v) is 27.3. The van der Waals surface area contributed by atoms with E-state index in [1.165, 1.54) is 0 Å². The average Bonchev–Trinajstić information content (AvgIpc) is 3.18. The zero-order valence-electron chi connectivity index (χ0n) is 27.3. The number of nitrogens with zero attached hydrogens (tertiary/aromatic N) is 9. The Balaban J connectivity index is 1.22. The van der Waals surface area contributed by atoms with Gasteiger partial charge in [-0.25, -0.2) is 44.9 Å². The van der Waals surface area contributed by atoms with Crippen LogP contribution in [-0.2, 0) is 0 Å². The van der Waals surface area contributed by atoms with Crippen LogP contribution in [0.15, 0.2) is 140 Å². The summed E-state index contributed by atoms with van der Waals surface area (Å²) in [5.74, 6) is 5.28. The van der Waals surface area contributed by atoms with E-state index in [0.717, 1.165) is 38.9 Å². The zero-order chi connectivity index (χ0) is 33.9. The third-order valence-corrected chi connectivity index (χ3v) is 7.98. The summed E-state index contributed by atoms with van der Waals surface area (Å²) in [6, 6.07) is 45.6. The fraction of sp³-hybridized carbons (Fsp3) is 0.0488. The van der Waals surface area contributed by atoms with Crippen LogP contribution in [0.1, 0.15) is 11.6 Å².